The van der Waals surface area contributed by atoms with E-state index in [2.05, 4.69) is 5.32 Å². The van der Waals surface area contributed by atoms with Gasteiger partial charge >= 0.3 is 0 Å². The fraction of sp³-hybridized carbons (Fsp3) is 0.278. The van der Waals surface area contributed by atoms with Gasteiger partial charge < -0.3 is 10.2 Å². The normalized spacial score (nSPS) is 14.1. The number of aryl methyl sites for hydroxylation is 1. The maximum Gasteiger partial charge on any atom is 0.264 e. The molecule has 0 spiro atoms. The molecule has 7 nitrogen and oxygen atoms in total. The molecule has 1 atom stereocenters. The first-order chi connectivity index (χ1) is 22.1. The minimum atomic E-state index is -4.28. The van der Waals surface area contributed by atoms with Gasteiger partial charge in [-0.3, -0.25) is 13.9 Å². The molecule has 1 fully saturated rings. The van der Waals surface area contributed by atoms with Crippen LogP contribution in [0.5, 0.6) is 0 Å². The molecular weight excluding hydrogens is 641 g/mol. The molecule has 1 aliphatic rings. The lowest BCUT2D eigenvalue weighted by Crippen LogP contribution is -2.54. The molecule has 5 rings (SSSR count). The summed E-state index contributed by atoms with van der Waals surface area (Å²) in [7, 11) is -4.28. The van der Waals surface area contributed by atoms with E-state index >= 15 is 0 Å². The lowest BCUT2D eigenvalue weighted by atomic mass is 10.0. The molecule has 4 aromatic rings. The fourth-order valence-electron chi connectivity index (χ4n) is 5.73. The van der Waals surface area contributed by atoms with Crippen molar-refractivity contribution < 1.29 is 18.0 Å². The summed E-state index contributed by atoms with van der Waals surface area (Å²) in [6.45, 7) is 1.46. The van der Waals surface area contributed by atoms with E-state index in [0.717, 1.165) is 46.7 Å². The predicted molar refractivity (Wildman–Crippen MR) is 183 cm³/mol. The number of amides is 2. The van der Waals surface area contributed by atoms with Crippen LogP contribution in [-0.4, -0.2) is 43.8 Å². The molecule has 4 aromatic carbocycles. The molecule has 0 aliphatic heterocycles. The number of hydrogen-bond donors (Lipinski definition) is 1. The van der Waals surface area contributed by atoms with Crippen molar-refractivity contribution in [1.29, 1.82) is 0 Å². The van der Waals surface area contributed by atoms with Crippen LogP contribution < -0.4 is 9.62 Å². The average molecular weight is 679 g/mol. The van der Waals surface area contributed by atoms with Crippen LogP contribution >= 0.6 is 23.2 Å². The molecule has 0 heterocycles. The molecule has 1 N–H and O–H groups in total. The van der Waals surface area contributed by atoms with Crippen LogP contribution in [0.25, 0.3) is 0 Å². The number of sulfonamides is 1. The van der Waals surface area contributed by atoms with Crippen LogP contribution in [-0.2, 0) is 32.6 Å². The molecule has 46 heavy (non-hydrogen) atoms. The molecule has 1 aliphatic carbocycles. The van der Waals surface area contributed by atoms with Crippen LogP contribution in [0.4, 0.5) is 5.69 Å². The van der Waals surface area contributed by atoms with E-state index in [9.17, 15) is 18.0 Å². The Labute approximate surface area is 281 Å². The average Bonchev–Trinajstić information content (AvgIpc) is 3.57. The number of anilines is 1. The van der Waals surface area contributed by atoms with Gasteiger partial charge in [0.2, 0.25) is 11.8 Å². The summed E-state index contributed by atoms with van der Waals surface area (Å²) in [4.78, 5) is 30.2. The van der Waals surface area contributed by atoms with E-state index in [-0.39, 0.29) is 45.5 Å². The van der Waals surface area contributed by atoms with Crippen LogP contribution in [0.15, 0.2) is 108 Å². The van der Waals surface area contributed by atoms with Gasteiger partial charge in [0.25, 0.3) is 10.0 Å². The summed E-state index contributed by atoms with van der Waals surface area (Å²) >= 11 is 12.9. The number of carbonyl (C=O) groups is 2. The third-order valence-electron chi connectivity index (χ3n) is 8.26. The van der Waals surface area contributed by atoms with Crippen molar-refractivity contribution in [3.63, 3.8) is 0 Å². The second-order valence-electron chi connectivity index (χ2n) is 11.6. The number of nitrogens with one attached hydrogen (secondary N) is 1. The zero-order valence-electron chi connectivity index (χ0n) is 25.6. The van der Waals surface area contributed by atoms with E-state index < -0.39 is 28.5 Å². The second kappa shape index (κ2) is 15.2. The summed E-state index contributed by atoms with van der Waals surface area (Å²) in [5, 5.41) is 3.33. The molecule has 1 saturated carbocycles. The molecule has 0 bridgehead atoms. The number of benzene rings is 4. The van der Waals surface area contributed by atoms with Gasteiger partial charge in [-0.1, -0.05) is 120 Å². The molecule has 0 radical (unpaired) electrons. The van der Waals surface area contributed by atoms with E-state index in [4.69, 9.17) is 23.2 Å². The maximum atomic E-state index is 14.6. The van der Waals surface area contributed by atoms with Gasteiger partial charge in [0.1, 0.15) is 12.6 Å². The van der Waals surface area contributed by atoms with Gasteiger partial charge in [0, 0.05) is 19.0 Å². The van der Waals surface area contributed by atoms with Gasteiger partial charge in [0.05, 0.1) is 20.6 Å². The second-order valence-corrected chi connectivity index (χ2v) is 14.2. The Bertz CT molecular complexity index is 1750. The minimum Gasteiger partial charge on any atom is -0.352 e. The summed E-state index contributed by atoms with van der Waals surface area (Å²) in [6, 6.07) is 28.9. The number of rotatable bonds is 12. The van der Waals surface area contributed by atoms with Crippen LogP contribution in [0.3, 0.4) is 0 Å². The van der Waals surface area contributed by atoms with Crippen molar-refractivity contribution in [1.82, 2.24) is 10.2 Å². The maximum absolute atomic E-state index is 14.6. The molecule has 2 amide bonds. The van der Waals surface area contributed by atoms with Crippen LogP contribution in [0.1, 0.15) is 42.4 Å². The largest absolute Gasteiger partial charge is 0.352 e. The highest BCUT2D eigenvalue weighted by Crippen LogP contribution is 2.35. The Kier molecular flexibility index (Phi) is 11.0. The Balaban J connectivity index is 1.58. The fourth-order valence-corrected chi connectivity index (χ4v) is 7.62. The van der Waals surface area contributed by atoms with E-state index in [1.54, 1.807) is 30.3 Å². The van der Waals surface area contributed by atoms with Crippen LogP contribution in [0, 0.1) is 6.92 Å². The van der Waals surface area contributed by atoms with Crippen molar-refractivity contribution in [3.05, 3.63) is 130 Å². The zero-order chi connectivity index (χ0) is 32.7. The van der Waals surface area contributed by atoms with E-state index in [1.165, 1.54) is 23.1 Å². The lowest BCUT2D eigenvalue weighted by Gasteiger charge is -2.34. The van der Waals surface area contributed by atoms with Crippen molar-refractivity contribution in [3.8, 4) is 0 Å². The molecule has 0 aromatic heterocycles. The first-order valence-corrected chi connectivity index (χ1v) is 17.5. The third kappa shape index (κ3) is 8.10. The molecule has 0 saturated heterocycles. The summed E-state index contributed by atoms with van der Waals surface area (Å²) in [5.74, 6) is -0.826. The number of halogens is 2. The summed E-state index contributed by atoms with van der Waals surface area (Å²) < 4.78 is 29.3. The first-order valence-electron chi connectivity index (χ1n) is 15.3. The molecular formula is C36H37Cl2N3O4S. The lowest BCUT2D eigenvalue weighted by molar-refractivity contribution is -0.140. The first kappa shape index (κ1) is 33.5. The standard InChI is InChI=1S/C36H37Cl2N3O4S/c1-26-19-21-28(22-20-26)24-40(33(23-27-11-4-2-5-12-27)36(43)39-29-13-8-9-14-29)34(42)25-41(32-18-10-17-31(37)35(32)38)46(44,45)30-15-6-3-7-16-30/h2-7,10-12,15-22,29,33H,8-9,13-14,23-25H2,1H3,(H,39,43)/t33-/m0/s1. The topological polar surface area (TPSA) is 86.8 Å². The SMILES string of the molecule is Cc1ccc(CN(C(=O)CN(c2cccc(Cl)c2Cl)S(=O)(=O)c2ccccc2)[C@@H](Cc2ccccc2)C(=O)NC2CCCC2)cc1. The number of carbonyl (C=O) groups excluding carboxylic acids is 2. The van der Waals surface area contributed by atoms with E-state index in [0.29, 0.717) is 0 Å². The Morgan fingerprint density at radius 1 is 0.826 bits per heavy atom. The van der Waals surface area contributed by atoms with Crippen molar-refractivity contribution in [2.75, 3.05) is 10.8 Å². The highest BCUT2D eigenvalue weighted by atomic mass is 35.5. The Morgan fingerprint density at radius 2 is 1.46 bits per heavy atom. The van der Waals surface area contributed by atoms with Crippen LogP contribution in [0.2, 0.25) is 10.0 Å². The number of hydrogen-bond acceptors (Lipinski definition) is 4. The Morgan fingerprint density at radius 3 is 2.11 bits per heavy atom. The van der Waals surface area contributed by atoms with Gasteiger partial charge in [-0.15, -0.1) is 0 Å². The quantitative estimate of drug-likeness (QED) is 0.172. The van der Waals surface area contributed by atoms with Crippen molar-refractivity contribution in [2.45, 2.75) is 62.6 Å². The predicted octanol–water partition coefficient (Wildman–Crippen LogP) is 7.20. The van der Waals surface area contributed by atoms with Gasteiger partial charge in [-0.25, -0.2) is 8.42 Å². The van der Waals surface area contributed by atoms with Gasteiger partial charge in [-0.2, -0.15) is 0 Å². The molecule has 10 heteroatoms. The highest BCUT2D eigenvalue weighted by molar-refractivity contribution is 7.92. The third-order valence-corrected chi connectivity index (χ3v) is 10.8. The smallest absolute Gasteiger partial charge is 0.264 e. The van der Waals surface area contributed by atoms with Gasteiger partial charge in [0.15, 0.2) is 0 Å². The monoisotopic (exact) mass is 677 g/mol. The van der Waals surface area contributed by atoms with E-state index in [1.807, 2.05) is 61.5 Å². The highest BCUT2D eigenvalue weighted by Gasteiger charge is 2.36. The Hall–Kier alpha value is -3.85. The minimum absolute atomic E-state index is 0.00127. The van der Waals surface area contributed by atoms with Gasteiger partial charge in [-0.05, 0) is 55.2 Å². The zero-order valence-corrected chi connectivity index (χ0v) is 27.9. The molecule has 240 valence electrons. The summed E-state index contributed by atoms with van der Waals surface area (Å²) in [5.41, 5.74) is 2.81. The molecule has 0 unspecified atom stereocenters. The number of nitrogens with zero attached hydrogens (tertiary/aromatic N) is 2. The summed E-state index contributed by atoms with van der Waals surface area (Å²) in [6.07, 6.45) is 4.08. The van der Waals surface area contributed by atoms with Crippen molar-refractivity contribution in [2.24, 2.45) is 0 Å². The van der Waals surface area contributed by atoms with Crippen molar-refractivity contribution >= 4 is 50.7 Å².